The van der Waals surface area contributed by atoms with Gasteiger partial charge in [-0.1, -0.05) is 23.9 Å². The van der Waals surface area contributed by atoms with Crippen LogP contribution < -0.4 is 9.47 Å². The first-order chi connectivity index (χ1) is 13.1. The molecule has 2 aromatic rings. The summed E-state index contributed by atoms with van der Waals surface area (Å²) in [6, 6.07) is 7.81. The number of hydrogen-bond donors (Lipinski definition) is 0. The van der Waals surface area contributed by atoms with Crippen LogP contribution >= 0.6 is 11.8 Å². The molecule has 0 bridgehead atoms. The number of para-hydroxylation sites is 2. The van der Waals surface area contributed by atoms with Crippen molar-refractivity contribution in [2.75, 3.05) is 19.4 Å². The van der Waals surface area contributed by atoms with E-state index in [1.54, 1.807) is 7.11 Å². The lowest BCUT2D eigenvalue weighted by molar-refractivity contribution is -0.131. The van der Waals surface area contributed by atoms with Crippen molar-refractivity contribution >= 4 is 17.7 Å². The first-order valence-electron chi connectivity index (χ1n) is 9.16. The number of benzene rings is 1. The molecule has 1 atom stereocenters. The van der Waals surface area contributed by atoms with Gasteiger partial charge in [0.15, 0.2) is 22.5 Å². The Hall–Kier alpha value is -2.22. The topological polar surface area (TPSA) is 69.5 Å². The highest BCUT2D eigenvalue weighted by atomic mass is 32.2. The number of aromatic nitrogens is 3. The molecular weight excluding hydrogens is 364 g/mol. The molecule has 0 aliphatic carbocycles. The van der Waals surface area contributed by atoms with Gasteiger partial charge in [-0.2, -0.15) is 0 Å². The van der Waals surface area contributed by atoms with Crippen LogP contribution in [0.25, 0.3) is 0 Å². The molecule has 1 aliphatic heterocycles. The van der Waals surface area contributed by atoms with Crippen molar-refractivity contribution < 1.29 is 14.3 Å². The lowest BCUT2D eigenvalue weighted by Gasteiger charge is -2.33. The molecule has 1 aromatic heterocycles. The number of methoxy groups -OCH3 is 1. The zero-order valence-electron chi connectivity index (χ0n) is 16.1. The summed E-state index contributed by atoms with van der Waals surface area (Å²) in [6.45, 7) is 3.26. The second-order valence-corrected chi connectivity index (χ2v) is 7.56. The van der Waals surface area contributed by atoms with E-state index in [2.05, 4.69) is 17.1 Å². The van der Waals surface area contributed by atoms with Crippen molar-refractivity contribution in [2.45, 2.75) is 44.0 Å². The van der Waals surface area contributed by atoms with Gasteiger partial charge in [-0.05, 0) is 38.3 Å². The van der Waals surface area contributed by atoms with Gasteiger partial charge in [0.2, 0.25) is 5.91 Å². The van der Waals surface area contributed by atoms with E-state index in [0.717, 1.165) is 19.4 Å². The summed E-state index contributed by atoms with van der Waals surface area (Å²) >= 11 is 1.42. The Balaban J connectivity index is 1.56. The van der Waals surface area contributed by atoms with Crippen molar-refractivity contribution in [1.82, 2.24) is 19.7 Å². The van der Waals surface area contributed by atoms with Crippen LogP contribution in [0, 0.1) is 0 Å². The van der Waals surface area contributed by atoms with Gasteiger partial charge in [-0.15, -0.1) is 10.2 Å². The average molecular weight is 391 g/mol. The summed E-state index contributed by atoms with van der Waals surface area (Å²) in [4.78, 5) is 14.5. The largest absolute Gasteiger partial charge is 0.493 e. The predicted molar refractivity (Wildman–Crippen MR) is 104 cm³/mol. The van der Waals surface area contributed by atoms with Crippen LogP contribution in [0.3, 0.4) is 0 Å². The van der Waals surface area contributed by atoms with Crippen molar-refractivity contribution in [1.29, 1.82) is 0 Å². The fourth-order valence-corrected chi connectivity index (χ4v) is 3.97. The Bertz CT molecular complexity index is 780. The van der Waals surface area contributed by atoms with Gasteiger partial charge in [0.1, 0.15) is 6.61 Å². The van der Waals surface area contributed by atoms with Crippen molar-refractivity contribution in [3.05, 3.63) is 30.1 Å². The molecule has 1 aliphatic rings. The smallest absolute Gasteiger partial charge is 0.233 e. The third-order valence-electron chi connectivity index (χ3n) is 4.80. The van der Waals surface area contributed by atoms with Gasteiger partial charge < -0.3 is 18.9 Å². The Morgan fingerprint density at radius 1 is 1.26 bits per heavy atom. The standard InChI is InChI=1S/C19H26N4O3S/c1-14-8-6-7-11-23(14)18(24)13-27-19-21-20-17(22(19)2)12-26-16-10-5-4-9-15(16)25-3/h4-5,9-10,14H,6-8,11-13H2,1-3H3/t14-/m0/s1. The van der Waals surface area contributed by atoms with E-state index in [1.807, 2.05) is 40.8 Å². The lowest BCUT2D eigenvalue weighted by atomic mass is 10.0. The molecule has 0 N–H and O–H groups in total. The Morgan fingerprint density at radius 3 is 2.78 bits per heavy atom. The summed E-state index contributed by atoms with van der Waals surface area (Å²) in [5, 5.41) is 9.11. The molecule has 0 radical (unpaired) electrons. The van der Waals surface area contributed by atoms with E-state index < -0.39 is 0 Å². The molecule has 0 saturated carbocycles. The lowest BCUT2D eigenvalue weighted by Crippen LogP contribution is -2.42. The molecule has 1 fully saturated rings. The van der Waals surface area contributed by atoms with Crippen LogP contribution in [0.1, 0.15) is 32.0 Å². The number of rotatable bonds is 7. The molecule has 1 aromatic carbocycles. The van der Waals surface area contributed by atoms with Gasteiger partial charge in [0.05, 0.1) is 12.9 Å². The number of amides is 1. The number of carbonyl (C=O) groups excluding carboxylic acids is 1. The molecule has 1 amide bonds. The number of nitrogens with zero attached hydrogens (tertiary/aromatic N) is 4. The summed E-state index contributed by atoms with van der Waals surface area (Å²) in [7, 11) is 3.50. The zero-order chi connectivity index (χ0) is 19.2. The number of likely N-dealkylation sites (tertiary alicyclic amines) is 1. The molecular formula is C19H26N4O3S. The molecule has 146 valence electrons. The average Bonchev–Trinajstić information content (AvgIpc) is 3.04. The number of thioether (sulfide) groups is 1. The number of ether oxygens (including phenoxy) is 2. The third kappa shape index (κ3) is 4.74. The highest BCUT2D eigenvalue weighted by Gasteiger charge is 2.23. The molecule has 1 saturated heterocycles. The van der Waals surface area contributed by atoms with E-state index in [9.17, 15) is 4.79 Å². The molecule has 0 unspecified atom stereocenters. The van der Waals surface area contributed by atoms with Crippen LogP contribution in [0.2, 0.25) is 0 Å². The third-order valence-corrected chi connectivity index (χ3v) is 5.80. The minimum absolute atomic E-state index is 0.169. The SMILES string of the molecule is COc1ccccc1OCc1nnc(SCC(=O)N2CCCC[C@@H]2C)n1C. The van der Waals surface area contributed by atoms with E-state index in [4.69, 9.17) is 9.47 Å². The van der Waals surface area contributed by atoms with Crippen LogP contribution in [0.4, 0.5) is 0 Å². The minimum Gasteiger partial charge on any atom is -0.493 e. The number of piperidine rings is 1. The Labute approximate surface area is 164 Å². The highest BCUT2D eigenvalue weighted by Crippen LogP contribution is 2.27. The van der Waals surface area contributed by atoms with Crippen LogP contribution in [-0.4, -0.2) is 51.0 Å². The fourth-order valence-electron chi connectivity index (χ4n) is 3.15. The Kier molecular flexibility index (Phi) is 6.60. The van der Waals surface area contributed by atoms with Gasteiger partial charge in [-0.25, -0.2) is 0 Å². The fraction of sp³-hybridized carbons (Fsp3) is 0.526. The zero-order valence-corrected chi connectivity index (χ0v) is 16.9. The van der Waals surface area contributed by atoms with Crippen molar-refractivity contribution in [3.63, 3.8) is 0 Å². The van der Waals surface area contributed by atoms with E-state index in [-0.39, 0.29) is 12.5 Å². The maximum Gasteiger partial charge on any atom is 0.233 e. The summed E-state index contributed by atoms with van der Waals surface area (Å²) in [5.41, 5.74) is 0. The minimum atomic E-state index is 0.169. The normalized spacial score (nSPS) is 17.0. The molecule has 2 heterocycles. The maximum absolute atomic E-state index is 12.5. The molecule has 27 heavy (non-hydrogen) atoms. The molecule has 0 spiro atoms. The van der Waals surface area contributed by atoms with E-state index in [1.165, 1.54) is 18.2 Å². The first-order valence-corrected chi connectivity index (χ1v) is 10.1. The molecule has 8 heteroatoms. The first kappa shape index (κ1) is 19.5. The predicted octanol–water partition coefficient (Wildman–Crippen LogP) is 2.90. The van der Waals surface area contributed by atoms with E-state index in [0.29, 0.717) is 34.3 Å². The van der Waals surface area contributed by atoms with Crippen molar-refractivity contribution in [2.24, 2.45) is 7.05 Å². The van der Waals surface area contributed by atoms with Crippen molar-refractivity contribution in [3.8, 4) is 11.5 Å². The summed E-state index contributed by atoms with van der Waals surface area (Å²) < 4.78 is 13.0. The second-order valence-electron chi connectivity index (χ2n) is 6.62. The molecule has 7 nitrogen and oxygen atoms in total. The van der Waals surface area contributed by atoms with Crippen LogP contribution in [0.15, 0.2) is 29.4 Å². The van der Waals surface area contributed by atoms with Gasteiger partial charge in [-0.3, -0.25) is 4.79 Å². The van der Waals surface area contributed by atoms with E-state index >= 15 is 0 Å². The summed E-state index contributed by atoms with van der Waals surface area (Å²) in [5.74, 6) is 2.58. The molecule has 3 rings (SSSR count). The summed E-state index contributed by atoms with van der Waals surface area (Å²) in [6.07, 6.45) is 3.39. The van der Waals surface area contributed by atoms with Gasteiger partial charge in [0, 0.05) is 19.6 Å². The maximum atomic E-state index is 12.5. The second kappa shape index (κ2) is 9.12. The van der Waals surface area contributed by atoms with Crippen LogP contribution in [0.5, 0.6) is 11.5 Å². The van der Waals surface area contributed by atoms with Gasteiger partial charge in [0.25, 0.3) is 0 Å². The number of hydrogen-bond acceptors (Lipinski definition) is 6. The number of carbonyl (C=O) groups is 1. The Morgan fingerprint density at radius 2 is 2.04 bits per heavy atom. The van der Waals surface area contributed by atoms with Gasteiger partial charge >= 0.3 is 0 Å². The van der Waals surface area contributed by atoms with Crippen LogP contribution in [-0.2, 0) is 18.4 Å². The highest BCUT2D eigenvalue weighted by molar-refractivity contribution is 7.99. The quantitative estimate of drug-likeness (QED) is 0.677. The monoisotopic (exact) mass is 390 g/mol.